The molecule has 130 valence electrons. The average Bonchev–Trinajstić information content (AvgIpc) is 2.61. The van der Waals surface area contributed by atoms with Crippen LogP contribution >= 0.6 is 0 Å². The van der Waals surface area contributed by atoms with E-state index >= 15 is 0 Å². The Hall–Kier alpha value is -3.42. The van der Waals surface area contributed by atoms with Crippen molar-refractivity contribution in [3.05, 3.63) is 63.7 Å². The molecule has 25 heavy (non-hydrogen) atoms. The summed E-state index contributed by atoms with van der Waals surface area (Å²) < 4.78 is 9.86. The number of nitrogens with zero attached hydrogens (tertiary/aromatic N) is 1. The smallest absolute Gasteiger partial charge is 0.337 e. The Morgan fingerprint density at radius 2 is 1.92 bits per heavy atom. The van der Waals surface area contributed by atoms with Gasteiger partial charge in [0.05, 0.1) is 17.6 Å². The number of para-hydroxylation sites is 2. The van der Waals surface area contributed by atoms with E-state index in [1.165, 1.54) is 31.4 Å². The lowest BCUT2D eigenvalue weighted by molar-refractivity contribution is -0.385. The van der Waals surface area contributed by atoms with Crippen molar-refractivity contribution in [1.29, 1.82) is 0 Å². The van der Waals surface area contributed by atoms with E-state index in [-0.39, 0.29) is 11.4 Å². The maximum absolute atomic E-state index is 12.0. The van der Waals surface area contributed by atoms with Crippen LogP contribution in [0.15, 0.2) is 42.5 Å². The largest absolute Gasteiger partial charge is 0.477 e. The van der Waals surface area contributed by atoms with Crippen LogP contribution in [0.5, 0.6) is 5.75 Å². The lowest BCUT2D eigenvalue weighted by Gasteiger charge is -2.11. The number of amides is 1. The molecular weight excluding hydrogens is 328 g/mol. The molecule has 0 radical (unpaired) electrons. The molecule has 8 nitrogen and oxygen atoms in total. The zero-order chi connectivity index (χ0) is 18.4. The van der Waals surface area contributed by atoms with Crippen LogP contribution in [0.2, 0.25) is 0 Å². The van der Waals surface area contributed by atoms with Crippen LogP contribution in [-0.4, -0.2) is 30.5 Å². The van der Waals surface area contributed by atoms with E-state index in [1.807, 2.05) is 0 Å². The SMILES string of the molecule is COC(=O)c1ccc(C)c(NC(=O)COc2ccccc2[N+](=O)[O-])c1. The van der Waals surface area contributed by atoms with Gasteiger partial charge in [-0.15, -0.1) is 0 Å². The van der Waals surface area contributed by atoms with E-state index in [2.05, 4.69) is 10.1 Å². The molecule has 2 rings (SSSR count). The van der Waals surface area contributed by atoms with E-state index in [1.54, 1.807) is 25.1 Å². The van der Waals surface area contributed by atoms with Crippen molar-refractivity contribution in [1.82, 2.24) is 0 Å². The summed E-state index contributed by atoms with van der Waals surface area (Å²) in [7, 11) is 1.26. The fourth-order valence-corrected chi connectivity index (χ4v) is 2.06. The monoisotopic (exact) mass is 344 g/mol. The summed E-state index contributed by atoms with van der Waals surface area (Å²) in [6.07, 6.45) is 0. The second kappa shape index (κ2) is 7.91. The lowest BCUT2D eigenvalue weighted by atomic mass is 10.1. The number of hydrogen-bond donors (Lipinski definition) is 1. The van der Waals surface area contributed by atoms with Gasteiger partial charge in [0.1, 0.15) is 0 Å². The first kappa shape index (κ1) is 17.9. The van der Waals surface area contributed by atoms with E-state index in [9.17, 15) is 19.7 Å². The minimum Gasteiger partial charge on any atom is -0.477 e. The van der Waals surface area contributed by atoms with E-state index in [4.69, 9.17) is 4.74 Å². The maximum atomic E-state index is 12.0. The van der Waals surface area contributed by atoms with Gasteiger partial charge in [-0.1, -0.05) is 18.2 Å². The number of anilines is 1. The van der Waals surface area contributed by atoms with Crippen molar-refractivity contribution in [2.24, 2.45) is 0 Å². The van der Waals surface area contributed by atoms with Crippen molar-refractivity contribution in [2.75, 3.05) is 19.0 Å². The molecule has 1 amide bonds. The van der Waals surface area contributed by atoms with Gasteiger partial charge in [0, 0.05) is 11.8 Å². The van der Waals surface area contributed by atoms with Crippen molar-refractivity contribution < 1.29 is 24.0 Å². The highest BCUT2D eigenvalue weighted by Crippen LogP contribution is 2.25. The van der Waals surface area contributed by atoms with Crippen LogP contribution in [0.1, 0.15) is 15.9 Å². The standard InChI is InChI=1S/C17H16N2O6/c1-11-7-8-12(17(21)24-2)9-13(11)18-16(20)10-25-15-6-4-3-5-14(15)19(22)23/h3-9H,10H2,1-2H3,(H,18,20). The van der Waals surface area contributed by atoms with Crippen molar-refractivity contribution in [3.63, 3.8) is 0 Å². The van der Waals surface area contributed by atoms with Gasteiger partial charge in [0.25, 0.3) is 5.91 Å². The van der Waals surface area contributed by atoms with Gasteiger partial charge < -0.3 is 14.8 Å². The van der Waals surface area contributed by atoms with E-state index in [0.717, 1.165) is 5.56 Å². The van der Waals surface area contributed by atoms with Crippen molar-refractivity contribution >= 4 is 23.3 Å². The van der Waals surface area contributed by atoms with Crippen LogP contribution in [0, 0.1) is 17.0 Å². The Labute approximate surface area is 143 Å². The van der Waals surface area contributed by atoms with Gasteiger partial charge >= 0.3 is 11.7 Å². The van der Waals surface area contributed by atoms with Gasteiger partial charge in [0.15, 0.2) is 12.4 Å². The fraction of sp³-hybridized carbons (Fsp3) is 0.176. The molecule has 2 aromatic rings. The molecule has 0 heterocycles. The molecule has 0 aliphatic rings. The number of nitro groups is 1. The van der Waals surface area contributed by atoms with Crippen LogP contribution in [0.25, 0.3) is 0 Å². The van der Waals surface area contributed by atoms with Crippen LogP contribution in [0.3, 0.4) is 0 Å². The van der Waals surface area contributed by atoms with Crippen molar-refractivity contribution in [2.45, 2.75) is 6.92 Å². The van der Waals surface area contributed by atoms with Crippen LogP contribution in [0.4, 0.5) is 11.4 Å². The summed E-state index contributed by atoms with van der Waals surface area (Å²) in [6.45, 7) is 1.35. The Morgan fingerprint density at radius 3 is 2.60 bits per heavy atom. The Kier molecular flexibility index (Phi) is 5.67. The van der Waals surface area contributed by atoms with Gasteiger partial charge in [-0.2, -0.15) is 0 Å². The number of ether oxygens (including phenoxy) is 2. The highest BCUT2D eigenvalue weighted by atomic mass is 16.6. The molecule has 2 aromatic carbocycles. The lowest BCUT2D eigenvalue weighted by Crippen LogP contribution is -2.21. The molecule has 0 saturated carbocycles. The number of carbonyl (C=O) groups excluding carboxylic acids is 2. The normalized spacial score (nSPS) is 10.0. The Bertz CT molecular complexity index is 819. The highest BCUT2D eigenvalue weighted by molar-refractivity contribution is 5.95. The molecule has 0 bridgehead atoms. The molecule has 0 aromatic heterocycles. The minimum atomic E-state index is -0.586. The zero-order valence-corrected chi connectivity index (χ0v) is 13.6. The number of methoxy groups -OCH3 is 1. The third-order valence-corrected chi connectivity index (χ3v) is 3.35. The predicted molar refractivity (Wildman–Crippen MR) is 89.7 cm³/mol. The maximum Gasteiger partial charge on any atom is 0.337 e. The van der Waals surface area contributed by atoms with Crippen LogP contribution < -0.4 is 10.1 Å². The van der Waals surface area contributed by atoms with E-state index < -0.39 is 23.4 Å². The second-order valence-corrected chi connectivity index (χ2v) is 5.08. The van der Waals surface area contributed by atoms with E-state index in [0.29, 0.717) is 11.3 Å². The Morgan fingerprint density at radius 1 is 1.20 bits per heavy atom. The van der Waals surface area contributed by atoms with Crippen molar-refractivity contribution in [3.8, 4) is 5.75 Å². The number of aryl methyl sites for hydroxylation is 1. The quantitative estimate of drug-likeness (QED) is 0.490. The molecule has 0 aliphatic carbocycles. The molecule has 0 spiro atoms. The first-order chi connectivity index (χ1) is 11.9. The third-order valence-electron chi connectivity index (χ3n) is 3.35. The number of rotatable bonds is 6. The summed E-state index contributed by atoms with van der Waals surface area (Å²) in [5, 5.41) is 13.5. The summed E-state index contributed by atoms with van der Waals surface area (Å²) in [6, 6.07) is 10.5. The molecule has 0 fully saturated rings. The topological polar surface area (TPSA) is 108 Å². The fourth-order valence-electron chi connectivity index (χ4n) is 2.06. The summed E-state index contributed by atoms with van der Waals surface area (Å²) in [5.74, 6) is -1.03. The average molecular weight is 344 g/mol. The molecule has 0 aliphatic heterocycles. The second-order valence-electron chi connectivity index (χ2n) is 5.08. The third kappa shape index (κ3) is 4.54. The number of carbonyl (C=O) groups is 2. The summed E-state index contributed by atoms with van der Waals surface area (Å²) in [4.78, 5) is 33.9. The molecule has 1 N–H and O–H groups in total. The number of esters is 1. The zero-order valence-electron chi connectivity index (χ0n) is 13.6. The molecule has 8 heteroatoms. The summed E-state index contributed by atoms with van der Waals surface area (Å²) >= 11 is 0. The molecule has 0 saturated heterocycles. The highest BCUT2D eigenvalue weighted by Gasteiger charge is 2.16. The summed E-state index contributed by atoms with van der Waals surface area (Å²) in [5.41, 5.74) is 1.24. The Balaban J connectivity index is 2.06. The first-order valence-corrected chi connectivity index (χ1v) is 7.27. The van der Waals surface area contributed by atoms with Gasteiger partial charge in [-0.25, -0.2) is 4.79 Å². The minimum absolute atomic E-state index is 0.00248. The number of nitrogens with one attached hydrogen (secondary N) is 1. The molecular formula is C17H16N2O6. The number of nitro benzene ring substituents is 1. The van der Waals surface area contributed by atoms with Gasteiger partial charge in [0.2, 0.25) is 0 Å². The first-order valence-electron chi connectivity index (χ1n) is 7.27. The number of hydrogen-bond acceptors (Lipinski definition) is 6. The predicted octanol–water partition coefficient (Wildman–Crippen LogP) is 2.71. The van der Waals surface area contributed by atoms with Gasteiger partial charge in [-0.05, 0) is 30.7 Å². The molecule has 0 unspecified atom stereocenters. The molecule has 0 atom stereocenters. The number of benzene rings is 2. The van der Waals surface area contributed by atoms with Gasteiger partial charge in [-0.3, -0.25) is 14.9 Å². The van der Waals surface area contributed by atoms with Crippen LogP contribution in [-0.2, 0) is 9.53 Å².